The van der Waals surface area contributed by atoms with Crippen molar-refractivity contribution < 1.29 is 22.7 Å². The Bertz CT molecular complexity index is 756. The van der Waals surface area contributed by atoms with Crippen LogP contribution < -0.4 is 10.1 Å². The molecule has 2 aromatic carbocycles. The molecule has 0 radical (unpaired) electrons. The number of benzene rings is 2. The number of carbonyl (C=O) groups is 1. The molecule has 1 aliphatic rings. The summed E-state index contributed by atoms with van der Waals surface area (Å²) < 4.78 is 43.8. The van der Waals surface area contributed by atoms with E-state index >= 15 is 0 Å². The molecule has 0 unspecified atom stereocenters. The number of nitrogens with one attached hydrogen (secondary N) is 1. The van der Waals surface area contributed by atoms with Crippen LogP contribution in [0.15, 0.2) is 48.5 Å². The maximum absolute atomic E-state index is 12.8. The molecule has 0 bridgehead atoms. The van der Waals surface area contributed by atoms with Gasteiger partial charge in [0.2, 0.25) is 0 Å². The molecular weight excluding hydrogens is 333 g/mol. The molecule has 2 aromatic rings. The van der Waals surface area contributed by atoms with Crippen molar-refractivity contribution in [3.63, 3.8) is 0 Å². The molecule has 0 atom stereocenters. The van der Waals surface area contributed by atoms with Crippen LogP contribution in [0.25, 0.3) is 0 Å². The molecule has 1 fully saturated rings. The molecule has 25 heavy (non-hydrogen) atoms. The van der Waals surface area contributed by atoms with E-state index in [2.05, 4.69) is 5.32 Å². The zero-order valence-corrected chi connectivity index (χ0v) is 13.3. The average Bonchev–Trinajstić information content (AvgIpc) is 2.61. The summed E-state index contributed by atoms with van der Waals surface area (Å²) in [6, 6.07) is 11.1. The minimum absolute atomic E-state index is 0.0709. The van der Waals surface area contributed by atoms with E-state index in [1.54, 1.807) is 29.2 Å². The quantitative estimate of drug-likeness (QED) is 0.921. The summed E-state index contributed by atoms with van der Waals surface area (Å²) >= 11 is 0. The van der Waals surface area contributed by atoms with E-state index in [-0.39, 0.29) is 11.7 Å². The van der Waals surface area contributed by atoms with Crippen LogP contribution in [-0.2, 0) is 6.18 Å². The first-order valence-corrected chi connectivity index (χ1v) is 7.89. The van der Waals surface area contributed by atoms with Gasteiger partial charge < -0.3 is 15.0 Å². The first-order chi connectivity index (χ1) is 11.9. The van der Waals surface area contributed by atoms with Gasteiger partial charge in [-0.2, -0.15) is 13.2 Å². The molecule has 1 aliphatic heterocycles. The van der Waals surface area contributed by atoms with Crippen molar-refractivity contribution in [1.29, 1.82) is 0 Å². The molecular formula is C18H17F3N2O2. The molecule has 0 aromatic heterocycles. The van der Waals surface area contributed by atoms with Gasteiger partial charge in [0.25, 0.3) is 5.91 Å². The summed E-state index contributed by atoms with van der Waals surface area (Å²) in [5.74, 6) is 0.276. The van der Waals surface area contributed by atoms with Crippen LogP contribution in [0.1, 0.15) is 15.9 Å². The second-order valence-corrected chi connectivity index (χ2v) is 5.70. The van der Waals surface area contributed by atoms with Gasteiger partial charge >= 0.3 is 6.18 Å². The van der Waals surface area contributed by atoms with Gasteiger partial charge in [-0.15, -0.1) is 0 Å². The lowest BCUT2D eigenvalue weighted by molar-refractivity contribution is -0.137. The number of carbonyl (C=O) groups excluding carboxylic acids is 1. The largest absolute Gasteiger partial charge is 0.457 e. The van der Waals surface area contributed by atoms with Crippen LogP contribution >= 0.6 is 0 Å². The third kappa shape index (κ3) is 4.30. The zero-order chi connectivity index (χ0) is 17.9. The lowest BCUT2D eigenvalue weighted by Crippen LogP contribution is -2.46. The number of hydrogen-bond acceptors (Lipinski definition) is 3. The molecule has 1 saturated heterocycles. The lowest BCUT2D eigenvalue weighted by atomic mass is 10.1. The summed E-state index contributed by atoms with van der Waals surface area (Å²) in [5.41, 5.74) is -0.329. The average molecular weight is 350 g/mol. The predicted molar refractivity (Wildman–Crippen MR) is 86.7 cm³/mol. The summed E-state index contributed by atoms with van der Waals surface area (Å²) in [4.78, 5) is 14.2. The molecule has 1 N–H and O–H groups in total. The highest BCUT2D eigenvalue weighted by Gasteiger charge is 2.30. The molecule has 7 heteroatoms. The van der Waals surface area contributed by atoms with Crippen molar-refractivity contribution in [3.05, 3.63) is 59.7 Å². The molecule has 0 saturated carbocycles. The summed E-state index contributed by atoms with van der Waals surface area (Å²) in [6.07, 6.45) is -4.43. The summed E-state index contributed by atoms with van der Waals surface area (Å²) in [6.45, 7) is 2.73. The smallest absolute Gasteiger partial charge is 0.416 e. The van der Waals surface area contributed by atoms with E-state index in [0.717, 1.165) is 25.2 Å². The van der Waals surface area contributed by atoms with Crippen LogP contribution in [0, 0.1) is 0 Å². The Labute approximate surface area is 143 Å². The van der Waals surface area contributed by atoms with Gasteiger partial charge in [0.05, 0.1) is 5.56 Å². The third-order valence-electron chi connectivity index (χ3n) is 3.88. The summed E-state index contributed by atoms with van der Waals surface area (Å²) in [7, 11) is 0. The predicted octanol–water partition coefficient (Wildman–Crippen LogP) is 3.54. The number of ether oxygens (including phenoxy) is 1. The number of nitrogens with zero attached hydrogens (tertiary/aromatic N) is 1. The molecule has 3 rings (SSSR count). The Morgan fingerprint density at radius 2 is 1.64 bits per heavy atom. The van der Waals surface area contributed by atoms with Gasteiger partial charge in [-0.05, 0) is 36.4 Å². The van der Waals surface area contributed by atoms with E-state index in [1.807, 2.05) is 0 Å². The monoisotopic (exact) mass is 350 g/mol. The van der Waals surface area contributed by atoms with E-state index in [1.165, 1.54) is 12.1 Å². The van der Waals surface area contributed by atoms with Crippen LogP contribution in [0.5, 0.6) is 11.5 Å². The molecule has 4 nitrogen and oxygen atoms in total. The minimum atomic E-state index is -4.43. The highest BCUT2D eigenvalue weighted by molar-refractivity contribution is 5.94. The van der Waals surface area contributed by atoms with Crippen LogP contribution in [0.3, 0.4) is 0 Å². The number of alkyl halides is 3. The van der Waals surface area contributed by atoms with Crippen LogP contribution in [0.2, 0.25) is 0 Å². The van der Waals surface area contributed by atoms with Crippen molar-refractivity contribution in [1.82, 2.24) is 10.2 Å². The van der Waals surface area contributed by atoms with Crippen LogP contribution in [0.4, 0.5) is 13.2 Å². The normalized spacial score (nSPS) is 15.1. The van der Waals surface area contributed by atoms with Crippen LogP contribution in [-0.4, -0.2) is 37.0 Å². The van der Waals surface area contributed by atoms with Crippen molar-refractivity contribution in [2.75, 3.05) is 26.2 Å². The maximum atomic E-state index is 12.8. The highest BCUT2D eigenvalue weighted by atomic mass is 19.4. The van der Waals surface area contributed by atoms with Gasteiger partial charge in [-0.25, -0.2) is 0 Å². The van der Waals surface area contributed by atoms with Gasteiger partial charge in [0, 0.05) is 31.7 Å². The van der Waals surface area contributed by atoms with E-state index < -0.39 is 11.7 Å². The van der Waals surface area contributed by atoms with Gasteiger partial charge in [-0.1, -0.05) is 12.1 Å². The Hall–Kier alpha value is -2.54. The van der Waals surface area contributed by atoms with Crippen molar-refractivity contribution in [2.45, 2.75) is 6.18 Å². The van der Waals surface area contributed by atoms with Crippen molar-refractivity contribution >= 4 is 5.91 Å². The zero-order valence-electron chi connectivity index (χ0n) is 13.3. The fourth-order valence-electron chi connectivity index (χ4n) is 2.62. The Kier molecular flexibility index (Phi) is 4.94. The first kappa shape index (κ1) is 17.3. The number of piperazine rings is 1. The summed E-state index contributed by atoms with van der Waals surface area (Å²) in [5, 5.41) is 3.17. The fourth-order valence-corrected chi connectivity index (χ4v) is 2.62. The topological polar surface area (TPSA) is 41.6 Å². The molecule has 0 aliphatic carbocycles. The van der Waals surface area contributed by atoms with Crippen molar-refractivity contribution in [2.24, 2.45) is 0 Å². The van der Waals surface area contributed by atoms with Gasteiger partial charge in [-0.3, -0.25) is 4.79 Å². The van der Waals surface area contributed by atoms with E-state index in [9.17, 15) is 18.0 Å². The first-order valence-electron chi connectivity index (χ1n) is 7.89. The van der Waals surface area contributed by atoms with Gasteiger partial charge in [0.1, 0.15) is 11.5 Å². The second-order valence-electron chi connectivity index (χ2n) is 5.70. The Morgan fingerprint density at radius 1 is 1.00 bits per heavy atom. The van der Waals surface area contributed by atoms with E-state index in [4.69, 9.17) is 4.74 Å². The fraction of sp³-hybridized carbons (Fsp3) is 0.278. The standard InChI is InChI=1S/C18H17F3N2O2/c19-18(20,21)14-4-2-6-16(12-14)25-15-5-1-3-13(11-15)17(24)23-9-7-22-8-10-23/h1-6,11-12,22H,7-10H2. The molecule has 1 heterocycles. The SMILES string of the molecule is O=C(c1cccc(Oc2cccc(C(F)(F)F)c2)c1)N1CCNCC1. The molecule has 1 amide bonds. The second kappa shape index (κ2) is 7.14. The number of halogens is 3. The highest BCUT2D eigenvalue weighted by Crippen LogP contribution is 2.32. The number of hydrogen-bond donors (Lipinski definition) is 1. The Morgan fingerprint density at radius 3 is 2.32 bits per heavy atom. The van der Waals surface area contributed by atoms with Gasteiger partial charge in [0.15, 0.2) is 0 Å². The third-order valence-corrected chi connectivity index (χ3v) is 3.88. The minimum Gasteiger partial charge on any atom is -0.457 e. The Balaban J connectivity index is 1.77. The molecule has 132 valence electrons. The number of amides is 1. The maximum Gasteiger partial charge on any atom is 0.416 e. The lowest BCUT2D eigenvalue weighted by Gasteiger charge is -2.27. The van der Waals surface area contributed by atoms with E-state index in [0.29, 0.717) is 24.4 Å². The molecule has 0 spiro atoms. The number of rotatable bonds is 3. The van der Waals surface area contributed by atoms with Crippen molar-refractivity contribution in [3.8, 4) is 11.5 Å².